The van der Waals surface area contributed by atoms with Gasteiger partial charge in [-0.3, -0.25) is 4.79 Å². The molecule has 0 aromatic heterocycles. The first-order valence-corrected chi connectivity index (χ1v) is 9.90. The van der Waals surface area contributed by atoms with Gasteiger partial charge in [0.05, 0.1) is 24.5 Å². The highest BCUT2D eigenvalue weighted by molar-refractivity contribution is 8.00. The highest BCUT2D eigenvalue weighted by Gasteiger charge is 2.16. The van der Waals surface area contributed by atoms with Crippen molar-refractivity contribution in [2.75, 3.05) is 24.8 Å². The zero-order chi connectivity index (χ0) is 21.2. The van der Waals surface area contributed by atoms with Crippen LogP contribution in [0.1, 0.15) is 24.2 Å². The summed E-state index contributed by atoms with van der Waals surface area (Å²) < 4.78 is 15.1. The van der Waals surface area contributed by atoms with E-state index in [0.717, 1.165) is 0 Å². The van der Waals surface area contributed by atoms with Crippen LogP contribution in [0.25, 0.3) is 0 Å². The fourth-order valence-corrected chi connectivity index (χ4v) is 3.14. The van der Waals surface area contributed by atoms with Gasteiger partial charge in [-0.05, 0) is 38.1 Å². The summed E-state index contributed by atoms with van der Waals surface area (Å²) in [6.45, 7) is 2.96. The average molecular weight is 417 g/mol. The number of hydrogen-bond donors (Lipinski definition) is 1. The summed E-state index contributed by atoms with van der Waals surface area (Å²) in [6.07, 6.45) is -0.285. The molecule has 1 N–H and O–H groups in total. The maximum Gasteiger partial charge on any atom is 0.344 e. The van der Waals surface area contributed by atoms with Crippen molar-refractivity contribution in [2.24, 2.45) is 0 Å². The van der Waals surface area contributed by atoms with Gasteiger partial charge in [-0.15, -0.1) is 11.8 Å². The molecule has 154 valence electrons. The van der Waals surface area contributed by atoms with Gasteiger partial charge in [0.1, 0.15) is 5.75 Å². The van der Waals surface area contributed by atoms with E-state index >= 15 is 0 Å². The lowest BCUT2D eigenvalue weighted by molar-refractivity contribution is -0.151. The highest BCUT2D eigenvalue weighted by Crippen LogP contribution is 2.24. The minimum absolute atomic E-state index is 0.0941. The van der Waals surface area contributed by atoms with Crippen LogP contribution >= 0.6 is 11.8 Å². The number of ether oxygens (including phenoxy) is 3. The summed E-state index contributed by atoms with van der Waals surface area (Å²) in [5, 5.41) is 2.78. The summed E-state index contributed by atoms with van der Waals surface area (Å²) in [6, 6.07) is 13.8. The average Bonchev–Trinajstić information content (AvgIpc) is 2.70. The molecule has 7 nitrogen and oxygen atoms in total. The van der Waals surface area contributed by atoms with E-state index in [4.69, 9.17) is 14.2 Å². The summed E-state index contributed by atoms with van der Waals surface area (Å²) in [7, 11) is 1.55. The Morgan fingerprint density at radius 1 is 1.07 bits per heavy atom. The number of carbonyl (C=O) groups excluding carboxylic acids is 3. The summed E-state index contributed by atoms with van der Waals surface area (Å²) >= 11 is 1.20. The molecule has 0 atom stereocenters. The Bertz CT molecular complexity index is 868. The summed E-state index contributed by atoms with van der Waals surface area (Å²) in [5.41, 5.74) is 0.898. The fourth-order valence-electron chi connectivity index (χ4n) is 2.30. The Morgan fingerprint density at radius 3 is 2.55 bits per heavy atom. The van der Waals surface area contributed by atoms with E-state index in [-0.39, 0.29) is 23.3 Å². The minimum Gasteiger partial charge on any atom is -0.497 e. The van der Waals surface area contributed by atoms with Gasteiger partial charge in [-0.25, -0.2) is 9.59 Å². The smallest absolute Gasteiger partial charge is 0.344 e. The van der Waals surface area contributed by atoms with Crippen molar-refractivity contribution in [1.29, 1.82) is 0 Å². The topological polar surface area (TPSA) is 90.9 Å². The number of nitrogens with one attached hydrogen (secondary N) is 1. The number of carbonyl (C=O) groups is 3. The van der Waals surface area contributed by atoms with E-state index in [2.05, 4.69) is 5.32 Å². The molecule has 0 aliphatic rings. The van der Waals surface area contributed by atoms with Gasteiger partial charge in [0.2, 0.25) is 5.91 Å². The second-order valence-corrected chi connectivity index (χ2v) is 7.20. The van der Waals surface area contributed by atoms with Gasteiger partial charge in [0.15, 0.2) is 6.61 Å². The first-order valence-electron chi connectivity index (χ1n) is 8.91. The number of hydrogen-bond acceptors (Lipinski definition) is 7. The normalized spacial score (nSPS) is 10.3. The van der Waals surface area contributed by atoms with Crippen LogP contribution in [0.2, 0.25) is 0 Å². The van der Waals surface area contributed by atoms with E-state index in [9.17, 15) is 14.4 Å². The zero-order valence-electron chi connectivity index (χ0n) is 16.5. The quantitative estimate of drug-likeness (QED) is 0.493. The number of amides is 1. The number of rotatable bonds is 9. The molecule has 8 heteroatoms. The third-order valence-electron chi connectivity index (χ3n) is 3.51. The van der Waals surface area contributed by atoms with Crippen LogP contribution in [0.4, 0.5) is 5.69 Å². The maximum absolute atomic E-state index is 12.3. The molecule has 0 saturated heterocycles. The fraction of sp³-hybridized carbons (Fsp3) is 0.286. The van der Waals surface area contributed by atoms with Crippen LogP contribution in [0.15, 0.2) is 53.4 Å². The van der Waals surface area contributed by atoms with Gasteiger partial charge in [0, 0.05) is 16.6 Å². The first kappa shape index (κ1) is 22.3. The van der Waals surface area contributed by atoms with E-state index in [0.29, 0.717) is 16.3 Å². The highest BCUT2D eigenvalue weighted by atomic mass is 32.2. The van der Waals surface area contributed by atoms with Crippen molar-refractivity contribution < 1.29 is 28.6 Å². The Morgan fingerprint density at radius 2 is 1.83 bits per heavy atom. The van der Waals surface area contributed by atoms with E-state index in [1.807, 2.05) is 0 Å². The van der Waals surface area contributed by atoms with Gasteiger partial charge < -0.3 is 19.5 Å². The van der Waals surface area contributed by atoms with Crippen molar-refractivity contribution >= 4 is 35.3 Å². The Hall–Kier alpha value is -3.00. The predicted octanol–water partition coefficient (Wildman–Crippen LogP) is 3.53. The lowest BCUT2D eigenvalue weighted by atomic mass is 10.2. The van der Waals surface area contributed by atoms with Crippen LogP contribution in [-0.4, -0.2) is 43.4 Å². The number of benzene rings is 2. The second kappa shape index (κ2) is 11.1. The van der Waals surface area contributed by atoms with Crippen molar-refractivity contribution in [2.45, 2.75) is 24.8 Å². The largest absolute Gasteiger partial charge is 0.497 e. The van der Waals surface area contributed by atoms with Crippen LogP contribution < -0.4 is 10.1 Å². The van der Waals surface area contributed by atoms with Crippen LogP contribution in [0.3, 0.4) is 0 Å². The van der Waals surface area contributed by atoms with Crippen molar-refractivity contribution in [3.8, 4) is 5.75 Å². The first-order chi connectivity index (χ1) is 13.9. The summed E-state index contributed by atoms with van der Waals surface area (Å²) in [5.74, 6) is -0.763. The molecule has 0 aliphatic carbocycles. The van der Waals surface area contributed by atoms with E-state index < -0.39 is 18.5 Å². The molecule has 2 rings (SSSR count). The van der Waals surface area contributed by atoms with Gasteiger partial charge in [0.25, 0.3) is 0 Å². The molecule has 0 aliphatic heterocycles. The van der Waals surface area contributed by atoms with Crippen molar-refractivity contribution in [3.05, 3.63) is 54.1 Å². The minimum atomic E-state index is -0.651. The Labute approximate surface area is 173 Å². The van der Waals surface area contributed by atoms with Crippen molar-refractivity contribution in [1.82, 2.24) is 0 Å². The Kier molecular flexibility index (Phi) is 8.54. The van der Waals surface area contributed by atoms with Gasteiger partial charge in [-0.2, -0.15) is 0 Å². The number of anilines is 1. The molecule has 2 aromatic rings. The van der Waals surface area contributed by atoms with E-state index in [1.165, 1.54) is 11.8 Å². The number of esters is 2. The zero-order valence-corrected chi connectivity index (χ0v) is 17.3. The number of thioether (sulfide) groups is 1. The predicted molar refractivity (Wildman–Crippen MR) is 110 cm³/mol. The molecule has 0 bridgehead atoms. The van der Waals surface area contributed by atoms with Crippen molar-refractivity contribution in [3.63, 3.8) is 0 Å². The lowest BCUT2D eigenvalue weighted by Gasteiger charge is -2.11. The standard InChI is InChI=1S/C21H23NO6S/c1-14(2)28-20(24)12-27-21(25)17-9-4-5-10-18(17)29-13-19(23)22-15-7-6-8-16(11-15)26-3/h4-11,14H,12-13H2,1-3H3,(H,22,23). The lowest BCUT2D eigenvalue weighted by Crippen LogP contribution is -2.20. The maximum atomic E-state index is 12.3. The molecule has 0 saturated carbocycles. The molecule has 2 aromatic carbocycles. The van der Waals surface area contributed by atoms with Gasteiger partial charge in [-0.1, -0.05) is 18.2 Å². The molecular formula is C21H23NO6S. The Balaban J connectivity index is 1.93. The summed E-state index contributed by atoms with van der Waals surface area (Å²) in [4.78, 5) is 36.7. The molecule has 29 heavy (non-hydrogen) atoms. The molecule has 0 radical (unpaired) electrons. The molecule has 0 heterocycles. The van der Waals surface area contributed by atoms with Crippen LogP contribution in [-0.2, 0) is 19.1 Å². The third kappa shape index (κ3) is 7.50. The van der Waals surface area contributed by atoms with Crippen LogP contribution in [0, 0.1) is 0 Å². The molecule has 0 spiro atoms. The van der Waals surface area contributed by atoms with Crippen LogP contribution in [0.5, 0.6) is 5.75 Å². The van der Waals surface area contributed by atoms with Gasteiger partial charge >= 0.3 is 11.9 Å². The molecular weight excluding hydrogens is 394 g/mol. The third-order valence-corrected chi connectivity index (χ3v) is 4.58. The SMILES string of the molecule is COc1cccc(NC(=O)CSc2ccccc2C(=O)OCC(=O)OC(C)C)c1. The number of methoxy groups -OCH3 is 1. The molecule has 0 unspecified atom stereocenters. The molecule has 1 amide bonds. The molecule has 0 fully saturated rings. The van der Waals surface area contributed by atoms with E-state index in [1.54, 1.807) is 69.5 Å². The second-order valence-electron chi connectivity index (χ2n) is 6.18. The monoisotopic (exact) mass is 417 g/mol.